The number of halogens is 1. The van der Waals surface area contributed by atoms with Gasteiger partial charge in [0.15, 0.2) is 0 Å². The van der Waals surface area contributed by atoms with Crippen LogP contribution in [0.5, 0.6) is 5.75 Å². The zero-order chi connectivity index (χ0) is 10.6. The Morgan fingerprint density at radius 2 is 2.21 bits per heavy atom. The lowest BCUT2D eigenvalue weighted by Crippen LogP contribution is -2.16. The summed E-state index contributed by atoms with van der Waals surface area (Å²) in [4.78, 5) is 0. The molecule has 1 aromatic rings. The first-order chi connectivity index (χ1) is 6.63. The SMILES string of the molecule is CCC(O)COc1cc(Cl)ccc1C. The molecule has 3 heteroatoms. The number of aliphatic hydroxyl groups is 1. The summed E-state index contributed by atoms with van der Waals surface area (Å²) in [5.41, 5.74) is 1.03. The molecule has 0 amide bonds. The summed E-state index contributed by atoms with van der Waals surface area (Å²) in [6.45, 7) is 4.18. The lowest BCUT2D eigenvalue weighted by Gasteiger charge is -2.12. The normalized spacial score (nSPS) is 12.6. The topological polar surface area (TPSA) is 29.5 Å². The highest BCUT2D eigenvalue weighted by atomic mass is 35.5. The summed E-state index contributed by atoms with van der Waals surface area (Å²) in [7, 11) is 0. The van der Waals surface area contributed by atoms with E-state index in [1.54, 1.807) is 6.07 Å². The third-order valence-corrected chi connectivity index (χ3v) is 2.29. The third-order valence-electron chi connectivity index (χ3n) is 2.05. The largest absolute Gasteiger partial charge is 0.491 e. The molecule has 1 unspecified atom stereocenters. The van der Waals surface area contributed by atoms with Gasteiger partial charge in [0.2, 0.25) is 0 Å². The van der Waals surface area contributed by atoms with E-state index >= 15 is 0 Å². The molecule has 78 valence electrons. The van der Waals surface area contributed by atoms with Gasteiger partial charge in [-0.3, -0.25) is 0 Å². The Kier molecular flexibility index (Phi) is 4.23. The maximum absolute atomic E-state index is 9.32. The first kappa shape index (κ1) is 11.3. The molecule has 0 aliphatic carbocycles. The fraction of sp³-hybridized carbons (Fsp3) is 0.455. The molecule has 14 heavy (non-hydrogen) atoms. The highest BCUT2D eigenvalue weighted by Crippen LogP contribution is 2.22. The Morgan fingerprint density at radius 3 is 2.86 bits per heavy atom. The molecule has 2 nitrogen and oxygen atoms in total. The van der Waals surface area contributed by atoms with Crippen molar-refractivity contribution in [1.82, 2.24) is 0 Å². The second-order valence-corrected chi connectivity index (χ2v) is 3.72. The fourth-order valence-electron chi connectivity index (χ4n) is 1.03. The minimum Gasteiger partial charge on any atom is -0.491 e. The van der Waals surface area contributed by atoms with Crippen LogP contribution >= 0.6 is 11.6 Å². The summed E-state index contributed by atoms with van der Waals surface area (Å²) in [6.07, 6.45) is 0.285. The van der Waals surface area contributed by atoms with Gasteiger partial charge in [0, 0.05) is 5.02 Å². The minimum absolute atomic E-state index is 0.317. The van der Waals surface area contributed by atoms with Gasteiger partial charge < -0.3 is 9.84 Å². The van der Waals surface area contributed by atoms with Gasteiger partial charge in [-0.25, -0.2) is 0 Å². The number of hydrogen-bond donors (Lipinski definition) is 1. The first-order valence-electron chi connectivity index (χ1n) is 4.70. The second kappa shape index (κ2) is 5.23. The number of aliphatic hydroxyl groups excluding tert-OH is 1. The van der Waals surface area contributed by atoms with Gasteiger partial charge in [-0.05, 0) is 31.0 Å². The van der Waals surface area contributed by atoms with Crippen molar-refractivity contribution in [3.05, 3.63) is 28.8 Å². The average Bonchev–Trinajstić information content (AvgIpc) is 2.19. The zero-order valence-corrected chi connectivity index (χ0v) is 9.21. The smallest absolute Gasteiger partial charge is 0.123 e. The van der Waals surface area contributed by atoms with E-state index in [9.17, 15) is 5.11 Å². The number of rotatable bonds is 4. The molecule has 0 aromatic heterocycles. The van der Waals surface area contributed by atoms with E-state index in [4.69, 9.17) is 16.3 Å². The number of aryl methyl sites for hydroxylation is 1. The lowest BCUT2D eigenvalue weighted by atomic mass is 10.2. The van der Waals surface area contributed by atoms with E-state index in [0.717, 1.165) is 11.3 Å². The Hall–Kier alpha value is -0.730. The van der Waals surface area contributed by atoms with Gasteiger partial charge in [-0.15, -0.1) is 0 Å². The van der Waals surface area contributed by atoms with E-state index in [0.29, 0.717) is 18.1 Å². The van der Waals surface area contributed by atoms with Gasteiger partial charge in [0.05, 0.1) is 6.10 Å². The summed E-state index contributed by atoms with van der Waals surface area (Å²) in [6, 6.07) is 5.48. The molecule has 1 aromatic carbocycles. The predicted molar refractivity (Wildman–Crippen MR) is 58.0 cm³/mol. The Labute approximate surface area is 89.5 Å². The highest BCUT2D eigenvalue weighted by molar-refractivity contribution is 6.30. The van der Waals surface area contributed by atoms with Crippen LogP contribution < -0.4 is 4.74 Å². The summed E-state index contributed by atoms with van der Waals surface area (Å²) < 4.78 is 5.44. The lowest BCUT2D eigenvalue weighted by molar-refractivity contribution is 0.104. The van der Waals surface area contributed by atoms with E-state index in [2.05, 4.69) is 0 Å². The summed E-state index contributed by atoms with van der Waals surface area (Å²) >= 11 is 5.82. The van der Waals surface area contributed by atoms with E-state index in [1.165, 1.54) is 0 Å². The maximum atomic E-state index is 9.32. The van der Waals surface area contributed by atoms with Gasteiger partial charge in [0.25, 0.3) is 0 Å². The van der Waals surface area contributed by atoms with Crippen molar-refractivity contribution < 1.29 is 9.84 Å². The van der Waals surface area contributed by atoms with Crippen LogP contribution in [0.1, 0.15) is 18.9 Å². The van der Waals surface area contributed by atoms with Crippen molar-refractivity contribution in [2.24, 2.45) is 0 Å². The Morgan fingerprint density at radius 1 is 1.50 bits per heavy atom. The van der Waals surface area contributed by atoms with Gasteiger partial charge >= 0.3 is 0 Å². The van der Waals surface area contributed by atoms with E-state index in [-0.39, 0.29) is 0 Å². The molecule has 1 rings (SSSR count). The molecule has 0 fully saturated rings. The molecule has 0 aliphatic rings. The third kappa shape index (κ3) is 3.20. The second-order valence-electron chi connectivity index (χ2n) is 3.28. The van der Waals surface area contributed by atoms with Crippen molar-refractivity contribution in [2.45, 2.75) is 26.4 Å². The number of benzene rings is 1. The molecule has 0 aliphatic heterocycles. The molecular formula is C11H15ClO2. The molecule has 0 heterocycles. The summed E-state index contributed by atoms with van der Waals surface area (Å²) in [5.74, 6) is 0.741. The Balaban J connectivity index is 2.62. The Bertz CT molecular complexity index is 299. The van der Waals surface area contributed by atoms with Crippen LogP contribution in [0.15, 0.2) is 18.2 Å². The van der Waals surface area contributed by atoms with E-state index in [1.807, 2.05) is 26.0 Å². The molecule has 0 bridgehead atoms. The molecule has 0 radical (unpaired) electrons. The molecular weight excluding hydrogens is 200 g/mol. The molecule has 0 spiro atoms. The van der Waals surface area contributed by atoms with Gasteiger partial charge in [0.1, 0.15) is 12.4 Å². The van der Waals surface area contributed by atoms with Crippen molar-refractivity contribution in [2.75, 3.05) is 6.61 Å². The zero-order valence-electron chi connectivity index (χ0n) is 8.46. The summed E-state index contributed by atoms with van der Waals surface area (Å²) in [5, 5.41) is 9.97. The van der Waals surface area contributed by atoms with Crippen LogP contribution in [-0.4, -0.2) is 17.8 Å². The highest BCUT2D eigenvalue weighted by Gasteiger charge is 2.04. The number of ether oxygens (including phenoxy) is 1. The molecule has 0 saturated heterocycles. The standard InChI is InChI=1S/C11H15ClO2/c1-3-10(13)7-14-11-6-9(12)5-4-8(11)2/h4-6,10,13H,3,7H2,1-2H3. The van der Waals surface area contributed by atoms with Crippen LogP contribution in [-0.2, 0) is 0 Å². The monoisotopic (exact) mass is 214 g/mol. The fourth-order valence-corrected chi connectivity index (χ4v) is 1.20. The minimum atomic E-state index is -0.409. The van der Waals surface area contributed by atoms with Crippen LogP contribution in [0.2, 0.25) is 5.02 Å². The van der Waals surface area contributed by atoms with Crippen molar-refractivity contribution >= 4 is 11.6 Å². The predicted octanol–water partition coefficient (Wildman–Crippen LogP) is 2.80. The van der Waals surface area contributed by atoms with E-state index < -0.39 is 6.10 Å². The first-order valence-corrected chi connectivity index (χ1v) is 5.08. The number of hydrogen-bond acceptors (Lipinski definition) is 2. The van der Waals surface area contributed by atoms with Crippen molar-refractivity contribution in [3.63, 3.8) is 0 Å². The van der Waals surface area contributed by atoms with Gasteiger partial charge in [-0.1, -0.05) is 24.6 Å². The molecule has 1 N–H and O–H groups in total. The quantitative estimate of drug-likeness (QED) is 0.835. The van der Waals surface area contributed by atoms with Crippen molar-refractivity contribution in [3.8, 4) is 5.75 Å². The van der Waals surface area contributed by atoms with Crippen molar-refractivity contribution in [1.29, 1.82) is 0 Å². The maximum Gasteiger partial charge on any atom is 0.123 e. The van der Waals surface area contributed by atoms with Crippen LogP contribution in [0.25, 0.3) is 0 Å². The van der Waals surface area contributed by atoms with Crippen LogP contribution in [0, 0.1) is 6.92 Å². The molecule has 1 atom stereocenters. The average molecular weight is 215 g/mol. The van der Waals surface area contributed by atoms with Crippen LogP contribution in [0.4, 0.5) is 0 Å². The van der Waals surface area contributed by atoms with Crippen LogP contribution in [0.3, 0.4) is 0 Å². The van der Waals surface area contributed by atoms with Gasteiger partial charge in [-0.2, -0.15) is 0 Å². The molecule has 0 saturated carbocycles.